The summed E-state index contributed by atoms with van der Waals surface area (Å²) in [7, 11) is 0. The number of hydrogen-bond acceptors (Lipinski definition) is 3. The van der Waals surface area contributed by atoms with Gasteiger partial charge in [-0.2, -0.15) is 0 Å². The number of aliphatic imine (C=N–C) groups is 1. The van der Waals surface area contributed by atoms with Gasteiger partial charge in [-0.05, 0) is 44.4 Å². The molecule has 2 N–H and O–H groups in total. The molecule has 1 atom stereocenters. The summed E-state index contributed by atoms with van der Waals surface area (Å²) in [6.45, 7) is 8.32. The Labute approximate surface area is 149 Å². The van der Waals surface area contributed by atoms with Crippen molar-refractivity contribution >= 4 is 29.9 Å². The summed E-state index contributed by atoms with van der Waals surface area (Å²) in [5.41, 5.74) is 1.21. The van der Waals surface area contributed by atoms with Crippen LogP contribution in [-0.4, -0.2) is 31.9 Å². The van der Waals surface area contributed by atoms with Gasteiger partial charge in [-0.25, -0.2) is 0 Å². The van der Waals surface area contributed by atoms with E-state index in [1.54, 1.807) is 0 Å². The van der Waals surface area contributed by atoms with Gasteiger partial charge in [0, 0.05) is 19.1 Å². The lowest BCUT2D eigenvalue weighted by atomic mass is 10.1. The van der Waals surface area contributed by atoms with E-state index in [4.69, 9.17) is 9.47 Å². The number of fused-ring (bicyclic) bond motifs is 1. The second kappa shape index (κ2) is 9.76. The molecule has 2 rings (SSSR count). The quantitative estimate of drug-likeness (QED) is 0.423. The van der Waals surface area contributed by atoms with Gasteiger partial charge in [0.25, 0.3) is 0 Å². The molecule has 0 radical (unpaired) electrons. The molecule has 1 heterocycles. The Bertz CT molecular complexity index is 494. The lowest BCUT2D eigenvalue weighted by Gasteiger charge is -2.16. The van der Waals surface area contributed by atoms with Crippen molar-refractivity contribution in [1.29, 1.82) is 0 Å². The number of ether oxygens (including phenoxy) is 2. The van der Waals surface area contributed by atoms with Crippen LogP contribution < -0.4 is 20.1 Å². The molecule has 0 aliphatic carbocycles. The first-order chi connectivity index (χ1) is 10.2. The topological polar surface area (TPSA) is 54.9 Å². The van der Waals surface area contributed by atoms with Gasteiger partial charge in [0.05, 0.1) is 0 Å². The minimum atomic E-state index is 0. The lowest BCUT2D eigenvalue weighted by Crippen LogP contribution is -2.42. The summed E-state index contributed by atoms with van der Waals surface area (Å²) in [6, 6.07) is 6.49. The Hall–Kier alpha value is -1.18. The lowest BCUT2D eigenvalue weighted by molar-refractivity contribution is 0.174. The summed E-state index contributed by atoms with van der Waals surface area (Å²) >= 11 is 0. The number of hydrogen-bond donors (Lipinski definition) is 2. The summed E-state index contributed by atoms with van der Waals surface area (Å²) < 4.78 is 10.7. The van der Waals surface area contributed by atoms with Crippen molar-refractivity contribution in [2.24, 2.45) is 4.99 Å². The number of guanidine groups is 1. The zero-order chi connectivity index (χ0) is 15.1. The van der Waals surface area contributed by atoms with Gasteiger partial charge in [0.2, 0.25) is 6.79 Å². The molecule has 0 saturated carbocycles. The van der Waals surface area contributed by atoms with E-state index in [1.807, 2.05) is 12.1 Å². The molecule has 1 unspecified atom stereocenters. The van der Waals surface area contributed by atoms with E-state index in [2.05, 4.69) is 42.5 Å². The highest BCUT2D eigenvalue weighted by Gasteiger charge is 2.12. The van der Waals surface area contributed by atoms with Gasteiger partial charge in [0.15, 0.2) is 17.5 Å². The van der Waals surface area contributed by atoms with Gasteiger partial charge in [-0.1, -0.05) is 13.0 Å². The molecule has 0 aromatic heterocycles. The van der Waals surface area contributed by atoms with E-state index < -0.39 is 0 Å². The Morgan fingerprint density at radius 1 is 1.27 bits per heavy atom. The van der Waals surface area contributed by atoms with Gasteiger partial charge in [-0.15, -0.1) is 24.0 Å². The zero-order valence-electron chi connectivity index (χ0n) is 13.5. The Morgan fingerprint density at radius 2 is 2.05 bits per heavy atom. The molecule has 0 fully saturated rings. The maximum absolute atomic E-state index is 5.39. The van der Waals surface area contributed by atoms with Crippen molar-refractivity contribution in [2.45, 2.75) is 39.7 Å². The van der Waals surface area contributed by atoms with Crippen LogP contribution in [0.5, 0.6) is 11.5 Å². The molecule has 22 heavy (non-hydrogen) atoms. The molecule has 1 aliphatic heterocycles. The van der Waals surface area contributed by atoms with Crippen molar-refractivity contribution in [3.8, 4) is 11.5 Å². The van der Waals surface area contributed by atoms with Crippen LogP contribution in [0, 0.1) is 0 Å². The minimum Gasteiger partial charge on any atom is -0.454 e. The third-order valence-electron chi connectivity index (χ3n) is 3.45. The molecule has 0 bridgehead atoms. The number of nitrogens with one attached hydrogen (secondary N) is 2. The molecular formula is C16H26IN3O2. The smallest absolute Gasteiger partial charge is 0.231 e. The first-order valence-electron chi connectivity index (χ1n) is 7.66. The molecule has 124 valence electrons. The van der Waals surface area contributed by atoms with Gasteiger partial charge >= 0.3 is 0 Å². The minimum absolute atomic E-state index is 0. The fraction of sp³-hybridized carbons (Fsp3) is 0.562. The fourth-order valence-corrected chi connectivity index (χ4v) is 2.05. The number of halogens is 1. The second-order valence-corrected chi connectivity index (χ2v) is 5.15. The maximum atomic E-state index is 5.39. The van der Waals surface area contributed by atoms with E-state index in [-0.39, 0.29) is 24.0 Å². The van der Waals surface area contributed by atoms with Crippen LogP contribution in [0.1, 0.15) is 32.8 Å². The third kappa shape index (κ3) is 5.55. The molecule has 6 heteroatoms. The van der Waals surface area contributed by atoms with E-state index in [0.29, 0.717) is 12.8 Å². The van der Waals surface area contributed by atoms with Crippen LogP contribution >= 0.6 is 24.0 Å². The molecule has 5 nitrogen and oxygen atoms in total. The zero-order valence-corrected chi connectivity index (χ0v) is 15.8. The van der Waals surface area contributed by atoms with Crippen molar-refractivity contribution < 1.29 is 9.47 Å². The van der Waals surface area contributed by atoms with Crippen LogP contribution in [0.25, 0.3) is 0 Å². The van der Waals surface area contributed by atoms with Gasteiger partial charge in [-0.3, -0.25) is 4.99 Å². The van der Waals surface area contributed by atoms with Crippen LogP contribution in [0.3, 0.4) is 0 Å². The highest BCUT2D eigenvalue weighted by molar-refractivity contribution is 14.0. The van der Waals surface area contributed by atoms with E-state index >= 15 is 0 Å². The number of benzene rings is 1. The molecule has 0 saturated heterocycles. The van der Waals surface area contributed by atoms with Crippen molar-refractivity contribution in [3.63, 3.8) is 0 Å². The monoisotopic (exact) mass is 419 g/mol. The predicted octanol–water partition coefficient (Wildman–Crippen LogP) is 2.93. The SMILES string of the molecule is CCNC(=NCCc1ccc2c(c1)OCO2)NC(C)CC.I. The van der Waals surface area contributed by atoms with Gasteiger partial charge < -0.3 is 20.1 Å². The predicted molar refractivity (Wildman–Crippen MR) is 101 cm³/mol. The summed E-state index contributed by atoms with van der Waals surface area (Å²) in [5, 5.41) is 6.66. The Balaban J connectivity index is 0.00000242. The Kier molecular flexibility index (Phi) is 8.37. The highest BCUT2D eigenvalue weighted by atomic mass is 127. The second-order valence-electron chi connectivity index (χ2n) is 5.15. The maximum Gasteiger partial charge on any atom is 0.231 e. The molecular weight excluding hydrogens is 393 g/mol. The van der Waals surface area contributed by atoms with Crippen LogP contribution in [0.15, 0.2) is 23.2 Å². The summed E-state index contributed by atoms with van der Waals surface area (Å²) in [4.78, 5) is 4.61. The fourth-order valence-electron chi connectivity index (χ4n) is 2.05. The van der Waals surface area contributed by atoms with Crippen molar-refractivity contribution in [2.75, 3.05) is 19.9 Å². The van der Waals surface area contributed by atoms with Crippen molar-refractivity contribution in [3.05, 3.63) is 23.8 Å². The molecule has 0 amide bonds. The average Bonchev–Trinajstić information content (AvgIpc) is 2.94. The largest absolute Gasteiger partial charge is 0.454 e. The number of rotatable bonds is 6. The summed E-state index contributed by atoms with van der Waals surface area (Å²) in [6.07, 6.45) is 1.96. The van der Waals surface area contributed by atoms with Gasteiger partial charge in [0.1, 0.15) is 0 Å². The van der Waals surface area contributed by atoms with E-state index in [1.165, 1.54) is 5.56 Å². The average molecular weight is 419 g/mol. The normalized spacial score (nSPS) is 14.2. The third-order valence-corrected chi connectivity index (χ3v) is 3.45. The molecule has 1 aromatic rings. The molecule has 1 aromatic carbocycles. The van der Waals surface area contributed by atoms with Crippen LogP contribution in [0.2, 0.25) is 0 Å². The van der Waals surface area contributed by atoms with Crippen molar-refractivity contribution in [1.82, 2.24) is 10.6 Å². The highest BCUT2D eigenvalue weighted by Crippen LogP contribution is 2.32. The van der Waals surface area contributed by atoms with E-state index in [9.17, 15) is 0 Å². The van der Waals surface area contributed by atoms with Crippen LogP contribution in [0.4, 0.5) is 0 Å². The first kappa shape index (κ1) is 18.9. The summed E-state index contributed by atoms with van der Waals surface area (Å²) in [5.74, 6) is 2.54. The Morgan fingerprint density at radius 3 is 2.77 bits per heavy atom. The molecule has 0 spiro atoms. The standard InChI is InChI=1S/C16H25N3O2.HI/c1-4-12(3)19-16(17-5-2)18-9-8-13-6-7-14-15(10-13)21-11-20-14;/h6-7,10,12H,4-5,8-9,11H2,1-3H3,(H2,17,18,19);1H. The van der Waals surface area contributed by atoms with E-state index in [0.717, 1.165) is 43.4 Å². The van der Waals surface area contributed by atoms with Crippen LogP contribution in [-0.2, 0) is 6.42 Å². The first-order valence-corrected chi connectivity index (χ1v) is 7.66. The molecule has 1 aliphatic rings. The number of nitrogens with zero attached hydrogens (tertiary/aromatic N) is 1.